The Labute approximate surface area is 166 Å². The molecule has 1 amide bonds. The topological polar surface area (TPSA) is 81.3 Å². The van der Waals surface area contributed by atoms with Crippen LogP contribution in [0.15, 0.2) is 46.9 Å². The monoisotopic (exact) mass is 397 g/mol. The highest BCUT2D eigenvalue weighted by Gasteiger charge is 2.18. The maximum Gasteiger partial charge on any atom is 0.263 e. The molecular weight excluding hydrogens is 374 g/mol. The highest BCUT2D eigenvalue weighted by molar-refractivity contribution is 7.99. The number of amides is 1. The van der Waals surface area contributed by atoms with Crippen molar-refractivity contribution in [3.05, 3.63) is 47.3 Å². The molecule has 2 heterocycles. The Morgan fingerprint density at radius 2 is 2.07 bits per heavy atom. The van der Waals surface area contributed by atoms with Crippen molar-refractivity contribution in [3.63, 3.8) is 0 Å². The molecule has 8 heteroatoms. The highest BCUT2D eigenvalue weighted by Crippen LogP contribution is 2.24. The molecule has 1 aliphatic carbocycles. The lowest BCUT2D eigenvalue weighted by Crippen LogP contribution is -2.29. The van der Waals surface area contributed by atoms with Gasteiger partial charge in [-0.3, -0.25) is 18.6 Å². The van der Waals surface area contributed by atoms with E-state index < -0.39 is 0 Å². The van der Waals surface area contributed by atoms with Crippen LogP contribution in [0.2, 0.25) is 0 Å². The first-order valence-corrected chi connectivity index (χ1v) is 10.5. The van der Waals surface area contributed by atoms with Crippen LogP contribution in [-0.2, 0) is 11.3 Å². The Kier molecular flexibility index (Phi) is 5.47. The van der Waals surface area contributed by atoms with Crippen molar-refractivity contribution in [2.45, 2.75) is 37.4 Å². The van der Waals surface area contributed by atoms with Crippen LogP contribution < -0.4 is 10.9 Å². The number of thioether (sulfide) groups is 1. The summed E-state index contributed by atoms with van der Waals surface area (Å²) in [6, 6.07) is 7.37. The van der Waals surface area contributed by atoms with E-state index in [-0.39, 0.29) is 17.2 Å². The van der Waals surface area contributed by atoms with E-state index in [4.69, 9.17) is 0 Å². The second-order valence-electron chi connectivity index (χ2n) is 7.08. The quantitative estimate of drug-likeness (QED) is 0.490. The molecule has 28 heavy (non-hydrogen) atoms. The average Bonchev–Trinajstić information content (AvgIpc) is 3.38. The molecular formula is C20H23N5O2S. The van der Waals surface area contributed by atoms with Gasteiger partial charge in [0.1, 0.15) is 0 Å². The molecule has 0 bridgehead atoms. The van der Waals surface area contributed by atoms with E-state index in [1.165, 1.54) is 37.4 Å². The highest BCUT2D eigenvalue weighted by atomic mass is 32.2. The Bertz CT molecular complexity index is 1080. The zero-order chi connectivity index (χ0) is 19.5. The summed E-state index contributed by atoms with van der Waals surface area (Å²) < 4.78 is 3.39. The van der Waals surface area contributed by atoms with Gasteiger partial charge in [-0.15, -0.1) is 16.8 Å². The second-order valence-corrected chi connectivity index (χ2v) is 8.03. The molecule has 0 spiro atoms. The number of rotatable bonds is 7. The predicted molar refractivity (Wildman–Crippen MR) is 111 cm³/mol. The van der Waals surface area contributed by atoms with Crippen LogP contribution in [-0.4, -0.2) is 37.4 Å². The first-order valence-electron chi connectivity index (χ1n) is 9.56. The fourth-order valence-electron chi connectivity index (χ4n) is 3.77. The Balaban J connectivity index is 1.60. The van der Waals surface area contributed by atoms with Crippen LogP contribution in [0.4, 0.5) is 0 Å². The number of para-hydroxylation sites is 1. The molecule has 1 fully saturated rings. The molecule has 1 aromatic carbocycles. The molecule has 1 saturated carbocycles. The molecule has 1 N–H and O–H groups in total. The summed E-state index contributed by atoms with van der Waals surface area (Å²) in [4.78, 5) is 25.0. The number of hydrogen-bond acceptors (Lipinski definition) is 5. The van der Waals surface area contributed by atoms with Crippen molar-refractivity contribution in [2.75, 3.05) is 12.3 Å². The molecule has 4 rings (SSSR count). The normalized spacial score (nSPS) is 14.7. The summed E-state index contributed by atoms with van der Waals surface area (Å²) in [6.07, 6.45) is 6.60. The molecule has 0 atom stereocenters. The standard InChI is InChI=1S/C20H23N5O2S/c1-2-11-24-18(27)15-9-5-6-10-16(15)25-19(24)22-23-20(25)28-13-17(26)21-12-14-7-3-4-8-14/h2,5-6,9-10,14H,1,3-4,7-8,11-13H2,(H,21,26). The van der Waals surface area contributed by atoms with E-state index in [1.54, 1.807) is 16.7 Å². The van der Waals surface area contributed by atoms with Crippen molar-refractivity contribution < 1.29 is 4.79 Å². The largest absolute Gasteiger partial charge is 0.355 e. The maximum atomic E-state index is 12.8. The van der Waals surface area contributed by atoms with Gasteiger partial charge in [0.2, 0.25) is 11.7 Å². The molecule has 3 aromatic rings. The van der Waals surface area contributed by atoms with Crippen LogP contribution in [0.25, 0.3) is 16.7 Å². The number of nitrogens with one attached hydrogen (secondary N) is 1. The van der Waals surface area contributed by atoms with Crippen LogP contribution in [0, 0.1) is 5.92 Å². The molecule has 0 unspecified atom stereocenters. The van der Waals surface area contributed by atoms with E-state index in [2.05, 4.69) is 22.1 Å². The number of nitrogens with zero attached hydrogens (tertiary/aromatic N) is 4. The van der Waals surface area contributed by atoms with Gasteiger partial charge in [-0.25, -0.2) is 0 Å². The minimum Gasteiger partial charge on any atom is -0.355 e. The van der Waals surface area contributed by atoms with Gasteiger partial charge in [0, 0.05) is 13.1 Å². The van der Waals surface area contributed by atoms with E-state index >= 15 is 0 Å². The minimum atomic E-state index is -0.124. The first-order chi connectivity index (χ1) is 13.7. The van der Waals surface area contributed by atoms with Crippen LogP contribution in [0.1, 0.15) is 25.7 Å². The Hall–Kier alpha value is -2.61. The zero-order valence-corrected chi connectivity index (χ0v) is 16.5. The molecule has 0 radical (unpaired) electrons. The van der Waals surface area contributed by atoms with Crippen molar-refractivity contribution in [3.8, 4) is 0 Å². The van der Waals surface area contributed by atoms with Gasteiger partial charge in [-0.1, -0.05) is 42.8 Å². The number of allylic oxidation sites excluding steroid dienone is 1. The Morgan fingerprint density at radius 1 is 1.29 bits per heavy atom. The molecule has 146 valence electrons. The predicted octanol–water partition coefficient (Wildman–Crippen LogP) is 2.63. The summed E-state index contributed by atoms with van der Waals surface area (Å²) in [5.74, 6) is 1.33. The van der Waals surface area contributed by atoms with E-state index in [1.807, 2.05) is 22.6 Å². The van der Waals surface area contributed by atoms with Crippen LogP contribution in [0.3, 0.4) is 0 Å². The molecule has 0 saturated heterocycles. The number of benzene rings is 1. The number of hydrogen-bond donors (Lipinski definition) is 1. The van der Waals surface area contributed by atoms with Crippen molar-refractivity contribution in [2.24, 2.45) is 5.92 Å². The van der Waals surface area contributed by atoms with Gasteiger partial charge in [0.15, 0.2) is 5.16 Å². The summed E-state index contributed by atoms with van der Waals surface area (Å²) >= 11 is 1.33. The van der Waals surface area contributed by atoms with Gasteiger partial charge in [-0.05, 0) is 30.9 Å². The molecule has 7 nitrogen and oxygen atoms in total. The third-order valence-corrected chi connectivity index (χ3v) is 6.11. The summed E-state index contributed by atoms with van der Waals surface area (Å²) in [7, 11) is 0. The number of carbonyl (C=O) groups is 1. The van der Waals surface area contributed by atoms with E-state index in [0.29, 0.717) is 28.8 Å². The summed E-state index contributed by atoms with van der Waals surface area (Å²) in [5, 5.41) is 12.7. The van der Waals surface area contributed by atoms with Gasteiger partial charge >= 0.3 is 0 Å². The average molecular weight is 398 g/mol. The molecule has 0 aliphatic heterocycles. The minimum absolute atomic E-state index is 0.00244. The van der Waals surface area contributed by atoms with E-state index in [9.17, 15) is 9.59 Å². The Morgan fingerprint density at radius 3 is 2.86 bits per heavy atom. The van der Waals surface area contributed by atoms with Crippen molar-refractivity contribution in [1.82, 2.24) is 24.5 Å². The number of aromatic nitrogens is 4. The third kappa shape index (κ3) is 3.56. The second kappa shape index (κ2) is 8.18. The molecule has 2 aromatic heterocycles. The first kappa shape index (κ1) is 18.7. The lowest BCUT2D eigenvalue weighted by Gasteiger charge is -2.11. The van der Waals surface area contributed by atoms with Crippen LogP contribution in [0.5, 0.6) is 0 Å². The number of fused-ring (bicyclic) bond motifs is 3. The number of carbonyl (C=O) groups excluding carboxylic acids is 1. The van der Waals surface area contributed by atoms with Gasteiger partial charge in [0.25, 0.3) is 5.56 Å². The maximum absolute atomic E-state index is 12.8. The van der Waals surface area contributed by atoms with Crippen LogP contribution >= 0.6 is 11.8 Å². The van der Waals surface area contributed by atoms with Gasteiger partial charge < -0.3 is 5.32 Å². The van der Waals surface area contributed by atoms with Crippen molar-refractivity contribution >= 4 is 34.3 Å². The summed E-state index contributed by atoms with van der Waals surface area (Å²) in [5.41, 5.74) is 0.614. The zero-order valence-electron chi connectivity index (χ0n) is 15.6. The van der Waals surface area contributed by atoms with Gasteiger partial charge in [-0.2, -0.15) is 0 Å². The smallest absolute Gasteiger partial charge is 0.263 e. The molecule has 1 aliphatic rings. The lowest BCUT2D eigenvalue weighted by atomic mass is 10.1. The SMILES string of the molecule is C=CCn1c(=O)c2ccccc2n2c(SCC(=O)NCC3CCCC3)nnc12. The lowest BCUT2D eigenvalue weighted by molar-refractivity contribution is -0.118. The third-order valence-electron chi connectivity index (χ3n) is 5.18. The summed E-state index contributed by atoms with van der Waals surface area (Å²) in [6.45, 7) is 4.82. The fourth-order valence-corrected chi connectivity index (χ4v) is 4.54. The van der Waals surface area contributed by atoms with Gasteiger partial charge in [0.05, 0.1) is 16.7 Å². The van der Waals surface area contributed by atoms with Crippen molar-refractivity contribution in [1.29, 1.82) is 0 Å². The fraction of sp³-hybridized carbons (Fsp3) is 0.400. The van der Waals surface area contributed by atoms with E-state index in [0.717, 1.165) is 12.1 Å².